The van der Waals surface area contributed by atoms with E-state index in [-0.39, 0.29) is 11.8 Å². The molecule has 0 spiro atoms. The van der Waals surface area contributed by atoms with E-state index in [0.717, 1.165) is 10.7 Å². The Hall–Kier alpha value is -3.08. The van der Waals surface area contributed by atoms with Crippen molar-refractivity contribution in [2.45, 2.75) is 0 Å². The molecule has 1 aliphatic heterocycles. The molecule has 0 unspecified atom stereocenters. The van der Waals surface area contributed by atoms with Crippen LogP contribution in [0.3, 0.4) is 0 Å². The van der Waals surface area contributed by atoms with Gasteiger partial charge in [-0.25, -0.2) is 0 Å². The van der Waals surface area contributed by atoms with Crippen LogP contribution in [0.25, 0.3) is 5.57 Å². The molecule has 0 saturated carbocycles. The van der Waals surface area contributed by atoms with Crippen LogP contribution in [0.1, 0.15) is 5.56 Å². The van der Waals surface area contributed by atoms with Crippen molar-refractivity contribution >= 4 is 23.1 Å². The van der Waals surface area contributed by atoms with Crippen LogP contribution in [0.2, 0.25) is 0 Å². The van der Waals surface area contributed by atoms with Gasteiger partial charge in [0, 0.05) is 13.1 Å². The number of hydrazine groups is 1. The molecule has 5 heteroatoms. The molecular weight excluding hydrogens is 292 g/mol. The van der Waals surface area contributed by atoms with E-state index >= 15 is 0 Å². The highest BCUT2D eigenvalue weighted by Gasteiger charge is 2.35. The molecule has 0 radical (unpaired) electrons. The van der Waals surface area contributed by atoms with Crippen molar-refractivity contribution in [3.63, 3.8) is 0 Å². The number of hydrogen-bond donors (Lipinski definition) is 0. The zero-order valence-electron chi connectivity index (χ0n) is 12.9. The van der Waals surface area contributed by atoms with Crippen molar-refractivity contribution < 1.29 is 14.3 Å². The number of methoxy groups -OCH3 is 1. The molecular formula is C18H16N2O3. The summed E-state index contributed by atoms with van der Waals surface area (Å²) < 4.78 is 5.11. The maximum Gasteiger partial charge on any atom is 0.280 e. The second-order valence-electron chi connectivity index (χ2n) is 5.10. The standard InChI is InChI=1S/C18H16N2O3/c1-19(14-6-4-3-5-7-14)20-17(21)12-16(18(20)22)13-8-10-15(23-2)11-9-13/h3-12H,1-2H3. The summed E-state index contributed by atoms with van der Waals surface area (Å²) in [6.07, 6.45) is 1.36. The van der Waals surface area contributed by atoms with Gasteiger partial charge < -0.3 is 4.74 Å². The first-order valence-corrected chi connectivity index (χ1v) is 7.15. The monoisotopic (exact) mass is 308 g/mol. The predicted octanol–water partition coefficient (Wildman–Crippen LogP) is 2.50. The number of para-hydroxylation sites is 1. The second kappa shape index (κ2) is 5.96. The lowest BCUT2D eigenvalue weighted by Crippen LogP contribution is -2.44. The summed E-state index contributed by atoms with van der Waals surface area (Å²) in [4.78, 5) is 24.9. The molecule has 1 heterocycles. The second-order valence-corrected chi connectivity index (χ2v) is 5.10. The van der Waals surface area contributed by atoms with Crippen molar-refractivity contribution in [1.82, 2.24) is 5.01 Å². The average molecular weight is 308 g/mol. The number of benzene rings is 2. The minimum Gasteiger partial charge on any atom is -0.497 e. The molecule has 116 valence electrons. The van der Waals surface area contributed by atoms with Crippen LogP contribution in [-0.2, 0) is 9.59 Å². The molecule has 0 bridgehead atoms. The van der Waals surface area contributed by atoms with Crippen LogP contribution in [0.4, 0.5) is 5.69 Å². The smallest absolute Gasteiger partial charge is 0.280 e. The van der Waals surface area contributed by atoms with Gasteiger partial charge in [-0.2, -0.15) is 5.01 Å². The predicted molar refractivity (Wildman–Crippen MR) is 87.7 cm³/mol. The largest absolute Gasteiger partial charge is 0.497 e. The van der Waals surface area contributed by atoms with Gasteiger partial charge in [0.05, 0.1) is 18.4 Å². The maximum atomic E-state index is 12.6. The van der Waals surface area contributed by atoms with E-state index < -0.39 is 0 Å². The summed E-state index contributed by atoms with van der Waals surface area (Å²) >= 11 is 0. The van der Waals surface area contributed by atoms with Gasteiger partial charge in [0.15, 0.2) is 0 Å². The van der Waals surface area contributed by atoms with Crippen molar-refractivity contribution in [1.29, 1.82) is 0 Å². The molecule has 5 nitrogen and oxygen atoms in total. The lowest BCUT2D eigenvalue weighted by Gasteiger charge is -2.28. The number of anilines is 1. The van der Waals surface area contributed by atoms with Crippen LogP contribution in [0.15, 0.2) is 60.7 Å². The van der Waals surface area contributed by atoms with Crippen molar-refractivity contribution in [3.8, 4) is 5.75 Å². The minimum absolute atomic E-state index is 0.341. The quantitative estimate of drug-likeness (QED) is 0.814. The molecule has 0 N–H and O–H groups in total. The summed E-state index contributed by atoms with van der Waals surface area (Å²) in [5, 5.41) is 2.69. The highest BCUT2D eigenvalue weighted by molar-refractivity contribution is 6.33. The third-order valence-corrected chi connectivity index (χ3v) is 3.73. The topological polar surface area (TPSA) is 49.9 Å². The number of nitrogens with zero attached hydrogens (tertiary/aromatic N) is 2. The fourth-order valence-corrected chi connectivity index (χ4v) is 2.48. The van der Waals surface area contributed by atoms with E-state index in [2.05, 4.69) is 0 Å². The summed E-state index contributed by atoms with van der Waals surface area (Å²) in [6.45, 7) is 0. The van der Waals surface area contributed by atoms with Gasteiger partial charge in [-0.05, 0) is 29.8 Å². The molecule has 0 aliphatic carbocycles. The lowest BCUT2D eigenvalue weighted by molar-refractivity contribution is -0.136. The molecule has 2 aromatic carbocycles. The Labute approximate surface area is 134 Å². The number of carbonyl (C=O) groups excluding carboxylic acids is 2. The Bertz CT molecular complexity index is 767. The zero-order chi connectivity index (χ0) is 16.4. The van der Waals surface area contributed by atoms with Gasteiger partial charge in [0.2, 0.25) is 0 Å². The van der Waals surface area contributed by atoms with Gasteiger partial charge in [-0.3, -0.25) is 14.6 Å². The van der Waals surface area contributed by atoms with Gasteiger partial charge in [0.25, 0.3) is 11.8 Å². The Morgan fingerprint density at radius 2 is 1.61 bits per heavy atom. The van der Waals surface area contributed by atoms with E-state index in [1.165, 1.54) is 6.08 Å². The number of carbonyl (C=O) groups is 2. The van der Waals surface area contributed by atoms with E-state index in [1.807, 2.05) is 30.3 Å². The Morgan fingerprint density at radius 3 is 2.22 bits per heavy atom. The highest BCUT2D eigenvalue weighted by atomic mass is 16.5. The van der Waals surface area contributed by atoms with Crippen LogP contribution >= 0.6 is 0 Å². The van der Waals surface area contributed by atoms with E-state index in [0.29, 0.717) is 16.9 Å². The SMILES string of the molecule is COc1ccc(C2=CC(=O)N(N(C)c3ccccc3)C2=O)cc1. The fraction of sp³-hybridized carbons (Fsp3) is 0.111. The number of ether oxygens (including phenoxy) is 1. The van der Waals surface area contributed by atoms with Crippen LogP contribution in [-0.4, -0.2) is 31.0 Å². The van der Waals surface area contributed by atoms with Crippen LogP contribution in [0.5, 0.6) is 5.75 Å². The fourth-order valence-electron chi connectivity index (χ4n) is 2.48. The third kappa shape index (κ3) is 2.68. The molecule has 3 rings (SSSR count). The number of hydrogen-bond acceptors (Lipinski definition) is 4. The first kappa shape index (κ1) is 14.8. The molecule has 1 aliphatic rings. The van der Waals surface area contributed by atoms with Gasteiger partial charge in [-0.15, -0.1) is 0 Å². The molecule has 0 aromatic heterocycles. The van der Waals surface area contributed by atoms with Gasteiger partial charge >= 0.3 is 0 Å². The Kier molecular flexibility index (Phi) is 3.85. The van der Waals surface area contributed by atoms with Gasteiger partial charge in [0.1, 0.15) is 5.75 Å². The Balaban J connectivity index is 1.87. The molecule has 0 fully saturated rings. The summed E-state index contributed by atoms with van der Waals surface area (Å²) in [6, 6.07) is 16.3. The average Bonchev–Trinajstić information content (AvgIpc) is 2.89. The highest BCUT2D eigenvalue weighted by Crippen LogP contribution is 2.27. The Morgan fingerprint density at radius 1 is 0.957 bits per heavy atom. The number of imide groups is 1. The van der Waals surface area contributed by atoms with Crippen molar-refractivity contribution in [2.24, 2.45) is 0 Å². The first-order valence-electron chi connectivity index (χ1n) is 7.15. The first-order chi connectivity index (χ1) is 11.1. The van der Waals surface area contributed by atoms with Crippen LogP contribution < -0.4 is 9.75 Å². The summed E-state index contributed by atoms with van der Waals surface area (Å²) in [5.74, 6) is 0.00285. The van der Waals surface area contributed by atoms with E-state index in [9.17, 15) is 9.59 Å². The van der Waals surface area contributed by atoms with Gasteiger partial charge in [-0.1, -0.05) is 30.3 Å². The number of rotatable bonds is 4. The zero-order valence-corrected chi connectivity index (χ0v) is 12.9. The molecule has 2 aromatic rings. The molecule has 23 heavy (non-hydrogen) atoms. The lowest BCUT2D eigenvalue weighted by atomic mass is 10.1. The minimum atomic E-state index is -0.354. The molecule has 0 saturated heterocycles. The third-order valence-electron chi connectivity index (χ3n) is 3.73. The van der Waals surface area contributed by atoms with Crippen LogP contribution in [0, 0.1) is 0 Å². The van der Waals surface area contributed by atoms with E-state index in [1.54, 1.807) is 43.4 Å². The van der Waals surface area contributed by atoms with Crippen molar-refractivity contribution in [2.75, 3.05) is 19.2 Å². The normalized spacial score (nSPS) is 14.0. The van der Waals surface area contributed by atoms with Crippen molar-refractivity contribution in [3.05, 3.63) is 66.2 Å². The molecule has 2 amide bonds. The van der Waals surface area contributed by atoms with E-state index in [4.69, 9.17) is 4.74 Å². The molecule has 0 atom stereocenters. The summed E-state index contributed by atoms with van der Waals surface area (Å²) in [5.41, 5.74) is 1.83. The number of amides is 2. The maximum absolute atomic E-state index is 12.6. The summed E-state index contributed by atoms with van der Waals surface area (Å²) in [7, 11) is 3.27.